The van der Waals surface area contributed by atoms with E-state index in [2.05, 4.69) is 5.92 Å². The lowest BCUT2D eigenvalue weighted by Gasteiger charge is -2.25. The van der Waals surface area contributed by atoms with Crippen LogP contribution in [0.15, 0.2) is 30.3 Å². The Morgan fingerprint density at radius 3 is 2.06 bits per heavy atom. The van der Waals surface area contributed by atoms with Crippen molar-refractivity contribution < 1.29 is 18.3 Å². The molecular weight excluding hydrogens is 229 g/mol. The quantitative estimate of drug-likeness (QED) is 0.750. The Morgan fingerprint density at radius 1 is 1.12 bits per heavy atom. The van der Waals surface area contributed by atoms with E-state index in [-0.39, 0.29) is 11.5 Å². The SMILES string of the molecule is CC(C)C#CC(O)(c1ccccc1)C(F)(F)F. The summed E-state index contributed by atoms with van der Waals surface area (Å²) in [7, 11) is 0. The van der Waals surface area contributed by atoms with Crippen LogP contribution in [-0.2, 0) is 5.60 Å². The number of halogens is 3. The monoisotopic (exact) mass is 242 g/mol. The summed E-state index contributed by atoms with van der Waals surface area (Å²) >= 11 is 0. The van der Waals surface area contributed by atoms with Gasteiger partial charge >= 0.3 is 6.18 Å². The minimum Gasteiger partial charge on any atom is -0.366 e. The molecule has 92 valence electrons. The van der Waals surface area contributed by atoms with E-state index in [1.807, 2.05) is 5.92 Å². The zero-order chi connectivity index (χ0) is 13.1. The van der Waals surface area contributed by atoms with Crippen molar-refractivity contribution in [2.75, 3.05) is 0 Å². The maximum Gasteiger partial charge on any atom is 0.433 e. The summed E-state index contributed by atoms with van der Waals surface area (Å²) in [5.41, 5.74) is -3.36. The van der Waals surface area contributed by atoms with Crippen LogP contribution >= 0.6 is 0 Å². The van der Waals surface area contributed by atoms with E-state index >= 15 is 0 Å². The zero-order valence-electron chi connectivity index (χ0n) is 9.55. The van der Waals surface area contributed by atoms with Gasteiger partial charge in [-0.05, 0) is 0 Å². The molecule has 0 aliphatic heterocycles. The zero-order valence-corrected chi connectivity index (χ0v) is 9.55. The highest BCUT2D eigenvalue weighted by molar-refractivity contribution is 5.34. The number of alkyl halides is 3. The molecule has 1 atom stereocenters. The average Bonchev–Trinajstić information content (AvgIpc) is 2.25. The summed E-state index contributed by atoms with van der Waals surface area (Å²) in [6.45, 7) is 3.32. The van der Waals surface area contributed by atoms with Crippen LogP contribution in [0, 0.1) is 17.8 Å². The molecule has 0 saturated heterocycles. The fourth-order valence-corrected chi connectivity index (χ4v) is 1.23. The molecule has 0 fully saturated rings. The molecule has 0 spiro atoms. The van der Waals surface area contributed by atoms with Crippen LogP contribution in [0.5, 0.6) is 0 Å². The molecule has 17 heavy (non-hydrogen) atoms. The summed E-state index contributed by atoms with van der Waals surface area (Å²) in [6.07, 6.45) is -4.82. The Kier molecular flexibility index (Phi) is 3.84. The van der Waals surface area contributed by atoms with Crippen LogP contribution in [0.4, 0.5) is 13.2 Å². The molecule has 0 heterocycles. The molecule has 1 N–H and O–H groups in total. The summed E-state index contributed by atoms with van der Waals surface area (Å²) in [5, 5.41) is 9.77. The van der Waals surface area contributed by atoms with E-state index in [0.717, 1.165) is 0 Å². The van der Waals surface area contributed by atoms with E-state index in [0.29, 0.717) is 0 Å². The molecule has 0 bridgehead atoms. The first-order valence-corrected chi connectivity index (χ1v) is 5.14. The molecule has 1 nitrogen and oxygen atoms in total. The maximum absolute atomic E-state index is 12.9. The highest BCUT2D eigenvalue weighted by atomic mass is 19.4. The molecule has 1 unspecified atom stereocenters. The van der Waals surface area contributed by atoms with E-state index in [4.69, 9.17) is 0 Å². The molecule has 0 aliphatic rings. The molecule has 4 heteroatoms. The van der Waals surface area contributed by atoms with E-state index in [9.17, 15) is 18.3 Å². The van der Waals surface area contributed by atoms with Crippen molar-refractivity contribution in [1.29, 1.82) is 0 Å². The van der Waals surface area contributed by atoms with Crippen LogP contribution in [0.3, 0.4) is 0 Å². The molecule has 0 aliphatic carbocycles. The number of rotatable bonds is 1. The van der Waals surface area contributed by atoms with Crippen LogP contribution in [0.1, 0.15) is 19.4 Å². The Morgan fingerprint density at radius 2 is 1.65 bits per heavy atom. The Balaban J connectivity index is 3.28. The molecule has 0 radical (unpaired) electrons. The number of hydrogen-bond donors (Lipinski definition) is 1. The Bertz CT molecular complexity index is 425. The van der Waals surface area contributed by atoms with E-state index in [1.165, 1.54) is 24.3 Å². The second-order valence-electron chi connectivity index (χ2n) is 4.00. The molecule has 0 amide bonds. The van der Waals surface area contributed by atoms with Gasteiger partial charge in [0.25, 0.3) is 0 Å². The van der Waals surface area contributed by atoms with Crippen molar-refractivity contribution in [1.82, 2.24) is 0 Å². The number of benzene rings is 1. The lowest BCUT2D eigenvalue weighted by atomic mass is 9.93. The minimum atomic E-state index is -4.82. The van der Waals surface area contributed by atoms with Crippen molar-refractivity contribution in [3.05, 3.63) is 35.9 Å². The van der Waals surface area contributed by atoms with Gasteiger partial charge in [0, 0.05) is 11.5 Å². The van der Waals surface area contributed by atoms with Crippen LogP contribution in [0.25, 0.3) is 0 Å². The fraction of sp³-hybridized carbons (Fsp3) is 0.385. The van der Waals surface area contributed by atoms with Gasteiger partial charge in [-0.25, -0.2) is 0 Å². The molecule has 1 aromatic rings. The van der Waals surface area contributed by atoms with Gasteiger partial charge < -0.3 is 5.11 Å². The third kappa shape index (κ3) is 3.01. The molecule has 0 saturated carbocycles. The van der Waals surface area contributed by atoms with Gasteiger partial charge in [0.05, 0.1) is 0 Å². The molecule has 0 aromatic heterocycles. The third-order valence-corrected chi connectivity index (χ3v) is 2.14. The molecule has 1 aromatic carbocycles. The van der Waals surface area contributed by atoms with Crippen molar-refractivity contribution in [2.45, 2.75) is 25.6 Å². The molecule has 1 rings (SSSR count). The Hall–Kier alpha value is -1.47. The lowest BCUT2D eigenvalue weighted by Crippen LogP contribution is -2.41. The summed E-state index contributed by atoms with van der Waals surface area (Å²) in [6, 6.07) is 6.87. The number of hydrogen-bond acceptors (Lipinski definition) is 1. The highest BCUT2D eigenvalue weighted by Crippen LogP contribution is 2.38. The van der Waals surface area contributed by atoms with E-state index < -0.39 is 11.8 Å². The maximum atomic E-state index is 12.9. The van der Waals surface area contributed by atoms with Crippen molar-refractivity contribution >= 4 is 0 Å². The van der Waals surface area contributed by atoms with Crippen molar-refractivity contribution in [2.24, 2.45) is 5.92 Å². The molecular formula is C13H13F3O. The van der Waals surface area contributed by atoms with Gasteiger partial charge in [-0.2, -0.15) is 13.2 Å². The second kappa shape index (κ2) is 4.80. The fourth-order valence-electron chi connectivity index (χ4n) is 1.23. The summed E-state index contributed by atoms with van der Waals surface area (Å²) < 4.78 is 38.7. The average molecular weight is 242 g/mol. The first kappa shape index (κ1) is 13.6. The van der Waals surface area contributed by atoms with Crippen LogP contribution in [-0.4, -0.2) is 11.3 Å². The normalized spacial score (nSPS) is 15.0. The second-order valence-corrected chi connectivity index (χ2v) is 4.00. The smallest absolute Gasteiger partial charge is 0.366 e. The lowest BCUT2D eigenvalue weighted by molar-refractivity contribution is -0.240. The number of aliphatic hydroxyl groups is 1. The predicted molar refractivity (Wildman–Crippen MR) is 59.0 cm³/mol. The first-order chi connectivity index (χ1) is 7.77. The highest BCUT2D eigenvalue weighted by Gasteiger charge is 2.54. The Labute approximate surface area is 98.3 Å². The van der Waals surface area contributed by atoms with Crippen molar-refractivity contribution in [3.8, 4) is 11.8 Å². The van der Waals surface area contributed by atoms with Gasteiger partial charge in [0.1, 0.15) is 0 Å². The topological polar surface area (TPSA) is 20.2 Å². The van der Waals surface area contributed by atoms with Crippen LogP contribution in [0.2, 0.25) is 0 Å². The van der Waals surface area contributed by atoms with Crippen molar-refractivity contribution in [3.63, 3.8) is 0 Å². The standard InChI is InChI=1S/C13H13F3O/c1-10(2)8-9-12(17,13(14,15)16)11-6-4-3-5-7-11/h3-7,10,17H,1-2H3. The third-order valence-electron chi connectivity index (χ3n) is 2.14. The summed E-state index contributed by atoms with van der Waals surface area (Å²) in [4.78, 5) is 0. The van der Waals surface area contributed by atoms with Gasteiger partial charge in [-0.3, -0.25) is 0 Å². The van der Waals surface area contributed by atoms with Gasteiger partial charge in [0.15, 0.2) is 0 Å². The van der Waals surface area contributed by atoms with Gasteiger partial charge in [0.2, 0.25) is 5.60 Å². The minimum absolute atomic E-state index is 0.243. The largest absolute Gasteiger partial charge is 0.433 e. The van der Waals surface area contributed by atoms with Gasteiger partial charge in [-0.1, -0.05) is 56.0 Å². The van der Waals surface area contributed by atoms with Crippen LogP contribution < -0.4 is 0 Å². The van der Waals surface area contributed by atoms with Gasteiger partial charge in [-0.15, -0.1) is 0 Å². The summed E-state index contributed by atoms with van der Waals surface area (Å²) in [5.74, 6) is 4.06. The van der Waals surface area contributed by atoms with E-state index in [1.54, 1.807) is 19.9 Å². The predicted octanol–water partition coefficient (Wildman–Crippen LogP) is 3.10. The first-order valence-electron chi connectivity index (χ1n) is 5.14.